The molecule has 0 saturated carbocycles. The van der Waals surface area contributed by atoms with Gasteiger partial charge in [-0.1, -0.05) is 25.5 Å². The molecular weight excluding hydrogens is 226 g/mol. The maximum Gasteiger partial charge on any atom is 0.273 e. The summed E-state index contributed by atoms with van der Waals surface area (Å²) in [5.74, 6) is -0.0679. The lowest BCUT2D eigenvalue weighted by molar-refractivity contribution is 0.0787. The van der Waals surface area contributed by atoms with Crippen LogP contribution in [0.5, 0.6) is 0 Å². The summed E-state index contributed by atoms with van der Waals surface area (Å²) in [5, 5.41) is 0. The summed E-state index contributed by atoms with van der Waals surface area (Å²) in [5.41, 5.74) is 1.98. The van der Waals surface area contributed by atoms with Gasteiger partial charge >= 0.3 is 0 Å². The molecule has 0 spiro atoms. The van der Waals surface area contributed by atoms with Crippen LogP contribution in [-0.2, 0) is 0 Å². The molecule has 0 aliphatic heterocycles. The van der Waals surface area contributed by atoms with Crippen molar-refractivity contribution in [3.8, 4) is 0 Å². The third-order valence-electron chi connectivity index (χ3n) is 2.86. The summed E-state index contributed by atoms with van der Waals surface area (Å²) in [6, 6.07) is 7.56. The van der Waals surface area contributed by atoms with Crippen LogP contribution in [0.25, 0.3) is 11.0 Å². The quantitative estimate of drug-likeness (QED) is 0.828. The zero-order valence-corrected chi connectivity index (χ0v) is 10.8. The lowest BCUT2D eigenvalue weighted by atomic mass is 10.2. The number of fused-ring (bicyclic) bond motifs is 1. The molecule has 0 atom stereocenters. The third-order valence-corrected chi connectivity index (χ3v) is 2.86. The number of hydrogen-bond acceptors (Lipinski definition) is 3. The maximum atomic E-state index is 12.1. The van der Waals surface area contributed by atoms with Crippen LogP contribution < -0.4 is 0 Å². The highest BCUT2D eigenvalue weighted by Crippen LogP contribution is 2.09. The monoisotopic (exact) mass is 243 g/mol. The second-order valence-electron chi connectivity index (χ2n) is 4.32. The molecule has 4 nitrogen and oxygen atoms in total. The van der Waals surface area contributed by atoms with Gasteiger partial charge in [-0.2, -0.15) is 0 Å². The van der Waals surface area contributed by atoms with Gasteiger partial charge in [0, 0.05) is 13.6 Å². The Morgan fingerprint density at radius 2 is 2.00 bits per heavy atom. The van der Waals surface area contributed by atoms with Crippen LogP contribution in [0.2, 0.25) is 0 Å². The maximum absolute atomic E-state index is 12.1. The largest absolute Gasteiger partial charge is 0.340 e. The molecule has 1 aromatic heterocycles. The Morgan fingerprint density at radius 3 is 2.72 bits per heavy atom. The molecule has 0 saturated heterocycles. The van der Waals surface area contributed by atoms with E-state index in [-0.39, 0.29) is 5.91 Å². The molecule has 2 rings (SSSR count). The molecule has 1 amide bonds. The number of para-hydroxylation sites is 2. The van der Waals surface area contributed by atoms with Crippen LogP contribution in [-0.4, -0.2) is 34.4 Å². The molecular formula is C14H17N3O. The van der Waals surface area contributed by atoms with Crippen LogP contribution in [0.3, 0.4) is 0 Å². The Kier molecular flexibility index (Phi) is 3.87. The van der Waals surface area contributed by atoms with Gasteiger partial charge in [-0.15, -0.1) is 0 Å². The van der Waals surface area contributed by atoms with Crippen molar-refractivity contribution in [3.63, 3.8) is 0 Å². The molecule has 0 aliphatic rings. The van der Waals surface area contributed by atoms with Crippen molar-refractivity contribution >= 4 is 16.9 Å². The predicted octanol–water partition coefficient (Wildman–Crippen LogP) is 2.50. The summed E-state index contributed by atoms with van der Waals surface area (Å²) in [7, 11) is 1.80. The smallest absolute Gasteiger partial charge is 0.273 e. The number of nitrogens with zero attached hydrogens (tertiary/aromatic N) is 3. The molecule has 0 aliphatic carbocycles. The Bertz CT molecular complexity index is 553. The number of aromatic nitrogens is 2. The molecule has 0 unspecified atom stereocenters. The van der Waals surface area contributed by atoms with E-state index in [1.807, 2.05) is 24.3 Å². The normalized spacial score (nSPS) is 10.6. The average molecular weight is 243 g/mol. The van der Waals surface area contributed by atoms with Crippen molar-refractivity contribution in [3.05, 3.63) is 36.2 Å². The van der Waals surface area contributed by atoms with E-state index in [0.29, 0.717) is 5.69 Å². The highest BCUT2D eigenvalue weighted by Gasteiger charge is 2.13. The molecule has 0 fully saturated rings. The van der Waals surface area contributed by atoms with Crippen molar-refractivity contribution in [2.75, 3.05) is 13.6 Å². The molecule has 94 valence electrons. The molecule has 1 aromatic carbocycles. The van der Waals surface area contributed by atoms with E-state index >= 15 is 0 Å². The van der Waals surface area contributed by atoms with Gasteiger partial charge in [0.25, 0.3) is 5.91 Å². The van der Waals surface area contributed by atoms with Crippen molar-refractivity contribution in [1.82, 2.24) is 14.9 Å². The fourth-order valence-corrected chi connectivity index (χ4v) is 1.75. The lowest BCUT2D eigenvalue weighted by Gasteiger charge is -2.15. The summed E-state index contributed by atoms with van der Waals surface area (Å²) in [6.45, 7) is 2.86. The first kappa shape index (κ1) is 12.5. The lowest BCUT2D eigenvalue weighted by Crippen LogP contribution is -2.28. The van der Waals surface area contributed by atoms with Gasteiger partial charge in [0.1, 0.15) is 5.69 Å². The van der Waals surface area contributed by atoms with Gasteiger partial charge in [0.05, 0.1) is 17.2 Å². The fraction of sp³-hybridized carbons (Fsp3) is 0.357. The Balaban J connectivity index is 2.22. The Labute approximate surface area is 107 Å². The molecule has 0 N–H and O–H groups in total. The Morgan fingerprint density at radius 1 is 1.28 bits per heavy atom. The molecule has 2 aromatic rings. The van der Waals surface area contributed by atoms with Crippen LogP contribution >= 0.6 is 0 Å². The van der Waals surface area contributed by atoms with Gasteiger partial charge in [-0.3, -0.25) is 9.78 Å². The van der Waals surface area contributed by atoms with E-state index in [1.54, 1.807) is 18.1 Å². The molecule has 1 heterocycles. The standard InChI is InChI=1S/C14H17N3O/c1-3-4-9-17(2)14(18)13-10-15-11-7-5-6-8-12(11)16-13/h5-8,10H,3-4,9H2,1-2H3. The van der Waals surface area contributed by atoms with Crippen LogP contribution in [0.15, 0.2) is 30.5 Å². The molecule has 0 radical (unpaired) electrons. The summed E-state index contributed by atoms with van der Waals surface area (Å²) in [6.07, 6.45) is 3.62. The number of rotatable bonds is 4. The van der Waals surface area contributed by atoms with Gasteiger partial charge in [-0.25, -0.2) is 4.98 Å². The minimum absolute atomic E-state index is 0.0679. The van der Waals surface area contributed by atoms with Crippen molar-refractivity contribution in [1.29, 1.82) is 0 Å². The van der Waals surface area contributed by atoms with Crippen LogP contribution in [0, 0.1) is 0 Å². The van der Waals surface area contributed by atoms with Gasteiger partial charge in [0.2, 0.25) is 0 Å². The highest BCUT2D eigenvalue weighted by molar-refractivity contribution is 5.93. The highest BCUT2D eigenvalue weighted by atomic mass is 16.2. The number of benzene rings is 1. The Hall–Kier alpha value is -1.97. The predicted molar refractivity (Wildman–Crippen MR) is 71.4 cm³/mol. The molecule has 4 heteroatoms. The van der Waals surface area contributed by atoms with Crippen LogP contribution in [0.4, 0.5) is 0 Å². The second-order valence-corrected chi connectivity index (χ2v) is 4.32. The van der Waals surface area contributed by atoms with E-state index in [1.165, 1.54) is 0 Å². The number of unbranched alkanes of at least 4 members (excludes halogenated alkanes) is 1. The first-order valence-corrected chi connectivity index (χ1v) is 6.19. The van der Waals surface area contributed by atoms with E-state index in [0.717, 1.165) is 30.4 Å². The van der Waals surface area contributed by atoms with Crippen LogP contribution in [0.1, 0.15) is 30.3 Å². The average Bonchev–Trinajstić information content (AvgIpc) is 2.43. The van der Waals surface area contributed by atoms with Gasteiger partial charge in [0.15, 0.2) is 0 Å². The minimum Gasteiger partial charge on any atom is -0.340 e. The molecule has 0 bridgehead atoms. The number of amides is 1. The van der Waals surface area contributed by atoms with Crippen molar-refractivity contribution in [2.45, 2.75) is 19.8 Å². The SMILES string of the molecule is CCCCN(C)C(=O)c1cnc2ccccc2n1. The zero-order valence-electron chi connectivity index (χ0n) is 10.8. The number of hydrogen-bond donors (Lipinski definition) is 0. The third kappa shape index (κ3) is 2.64. The van der Waals surface area contributed by atoms with Crippen molar-refractivity contribution in [2.24, 2.45) is 0 Å². The zero-order chi connectivity index (χ0) is 13.0. The first-order chi connectivity index (χ1) is 8.72. The van der Waals surface area contributed by atoms with Gasteiger partial charge in [-0.05, 0) is 18.6 Å². The summed E-state index contributed by atoms with van der Waals surface area (Å²) in [4.78, 5) is 22.4. The minimum atomic E-state index is -0.0679. The number of carbonyl (C=O) groups excluding carboxylic acids is 1. The molecule has 18 heavy (non-hydrogen) atoms. The first-order valence-electron chi connectivity index (χ1n) is 6.19. The topological polar surface area (TPSA) is 46.1 Å². The van der Waals surface area contributed by atoms with E-state index in [4.69, 9.17) is 0 Å². The van der Waals surface area contributed by atoms with Gasteiger partial charge < -0.3 is 4.90 Å². The fourth-order valence-electron chi connectivity index (χ4n) is 1.75. The van der Waals surface area contributed by atoms with E-state index in [9.17, 15) is 4.79 Å². The van der Waals surface area contributed by atoms with E-state index < -0.39 is 0 Å². The second kappa shape index (κ2) is 5.58. The summed E-state index contributed by atoms with van der Waals surface area (Å²) < 4.78 is 0. The van der Waals surface area contributed by atoms with E-state index in [2.05, 4.69) is 16.9 Å². The summed E-state index contributed by atoms with van der Waals surface area (Å²) >= 11 is 0. The number of carbonyl (C=O) groups is 1. The van der Waals surface area contributed by atoms with Crippen molar-refractivity contribution < 1.29 is 4.79 Å².